The van der Waals surface area contributed by atoms with Crippen LogP contribution in [-0.2, 0) is 16.1 Å². The summed E-state index contributed by atoms with van der Waals surface area (Å²) in [5.74, 6) is -0.0384. The van der Waals surface area contributed by atoms with Crippen molar-refractivity contribution in [3.8, 4) is 5.69 Å². The average Bonchev–Trinajstić information content (AvgIpc) is 3.46. The van der Waals surface area contributed by atoms with Gasteiger partial charge in [0.25, 0.3) is 5.91 Å². The van der Waals surface area contributed by atoms with E-state index in [-0.39, 0.29) is 24.0 Å². The van der Waals surface area contributed by atoms with E-state index in [1.165, 1.54) is 6.33 Å². The number of nitrogens with zero attached hydrogens (tertiary/aromatic N) is 5. The number of para-hydroxylation sites is 1. The Morgan fingerprint density at radius 3 is 2.68 bits per heavy atom. The van der Waals surface area contributed by atoms with E-state index in [1.54, 1.807) is 22.0 Å². The van der Waals surface area contributed by atoms with Gasteiger partial charge in [-0.2, -0.15) is 5.10 Å². The number of carbonyl (C=O) groups excluding carboxylic acids is 2. The quantitative estimate of drug-likeness (QED) is 0.648. The lowest BCUT2D eigenvalue weighted by molar-refractivity contribution is -0.133. The van der Waals surface area contributed by atoms with Gasteiger partial charge in [0.1, 0.15) is 12.7 Å². The molecule has 2 atom stereocenters. The molecule has 31 heavy (non-hydrogen) atoms. The molecule has 2 aliphatic heterocycles. The Balaban J connectivity index is 1.40. The largest absolute Gasteiger partial charge is 0.374 e. The molecule has 158 valence electrons. The third-order valence-electron chi connectivity index (χ3n) is 5.89. The summed E-state index contributed by atoms with van der Waals surface area (Å²) in [6.07, 6.45) is 3.18. The van der Waals surface area contributed by atoms with Gasteiger partial charge < -0.3 is 14.5 Å². The van der Waals surface area contributed by atoms with E-state index in [0.717, 1.165) is 5.56 Å². The van der Waals surface area contributed by atoms with Crippen LogP contribution in [0.15, 0.2) is 67.3 Å². The molecule has 2 amide bonds. The number of ether oxygens (including phenoxy) is 1. The Bertz CT molecular complexity index is 1070. The van der Waals surface area contributed by atoms with Gasteiger partial charge in [-0.25, -0.2) is 9.67 Å². The van der Waals surface area contributed by atoms with Crippen LogP contribution in [0.5, 0.6) is 0 Å². The number of benzene rings is 2. The molecule has 5 rings (SSSR count). The Morgan fingerprint density at radius 2 is 1.87 bits per heavy atom. The second-order valence-corrected chi connectivity index (χ2v) is 7.80. The van der Waals surface area contributed by atoms with Crippen molar-refractivity contribution in [2.24, 2.45) is 0 Å². The zero-order chi connectivity index (χ0) is 21.2. The van der Waals surface area contributed by atoms with Crippen LogP contribution in [-0.4, -0.2) is 68.2 Å². The van der Waals surface area contributed by atoms with Crippen molar-refractivity contribution < 1.29 is 14.3 Å². The van der Waals surface area contributed by atoms with Crippen molar-refractivity contribution >= 4 is 11.8 Å². The van der Waals surface area contributed by atoms with Crippen molar-refractivity contribution in [2.75, 3.05) is 19.7 Å². The van der Waals surface area contributed by atoms with E-state index in [0.29, 0.717) is 43.9 Å². The molecule has 2 fully saturated rings. The van der Waals surface area contributed by atoms with Gasteiger partial charge in [-0.05, 0) is 17.7 Å². The molecule has 2 aromatic carbocycles. The summed E-state index contributed by atoms with van der Waals surface area (Å²) in [4.78, 5) is 33.9. The normalized spacial score (nSPS) is 21.1. The fourth-order valence-corrected chi connectivity index (χ4v) is 4.35. The summed E-state index contributed by atoms with van der Waals surface area (Å²) in [6.45, 7) is 1.78. The van der Waals surface area contributed by atoms with Gasteiger partial charge in [0.05, 0.1) is 36.4 Å². The molecule has 2 aliphatic rings. The maximum atomic E-state index is 13.4. The third-order valence-corrected chi connectivity index (χ3v) is 5.89. The highest BCUT2D eigenvalue weighted by molar-refractivity contribution is 5.98. The summed E-state index contributed by atoms with van der Waals surface area (Å²) in [6, 6.07) is 17.1. The van der Waals surface area contributed by atoms with E-state index in [2.05, 4.69) is 10.1 Å². The van der Waals surface area contributed by atoms with E-state index in [9.17, 15) is 9.59 Å². The van der Waals surface area contributed by atoms with Crippen molar-refractivity contribution in [2.45, 2.75) is 25.1 Å². The van der Waals surface area contributed by atoms with Crippen LogP contribution < -0.4 is 0 Å². The average molecular weight is 417 g/mol. The lowest BCUT2D eigenvalue weighted by atomic mass is 10.1. The highest BCUT2D eigenvalue weighted by atomic mass is 16.5. The minimum Gasteiger partial charge on any atom is -0.374 e. The second kappa shape index (κ2) is 8.31. The molecule has 0 saturated carbocycles. The molecule has 3 aromatic rings. The standard InChI is InChI=1S/C23H23N5O3/c29-22-10-11-31-21-14-26(13-20(21)27(22)12-17-6-2-1-3-7-17)23(30)18-8-4-5-9-19(18)28-16-24-15-25-28/h1-9,15-16,20-21H,10-14H2/t20-,21-/m0/s1. The summed E-state index contributed by atoms with van der Waals surface area (Å²) in [5, 5.41) is 4.17. The van der Waals surface area contributed by atoms with Crippen molar-refractivity contribution in [3.63, 3.8) is 0 Å². The first-order valence-electron chi connectivity index (χ1n) is 10.4. The van der Waals surface area contributed by atoms with Gasteiger partial charge >= 0.3 is 0 Å². The summed E-state index contributed by atoms with van der Waals surface area (Å²) < 4.78 is 7.59. The Morgan fingerprint density at radius 1 is 1.06 bits per heavy atom. The lowest BCUT2D eigenvalue weighted by Crippen LogP contribution is -2.45. The van der Waals surface area contributed by atoms with Crippen LogP contribution in [0.4, 0.5) is 0 Å². The van der Waals surface area contributed by atoms with Crippen molar-refractivity contribution in [1.82, 2.24) is 24.6 Å². The Hall–Kier alpha value is -3.52. The highest BCUT2D eigenvalue weighted by Crippen LogP contribution is 2.27. The fraction of sp³-hybridized carbons (Fsp3) is 0.304. The Labute approximate surface area is 180 Å². The van der Waals surface area contributed by atoms with Gasteiger partial charge in [-0.15, -0.1) is 0 Å². The molecule has 0 unspecified atom stereocenters. The number of amides is 2. The minimum atomic E-state index is -0.197. The zero-order valence-electron chi connectivity index (χ0n) is 17.0. The second-order valence-electron chi connectivity index (χ2n) is 7.80. The first-order chi connectivity index (χ1) is 15.2. The first kappa shape index (κ1) is 19.4. The van der Waals surface area contributed by atoms with Gasteiger partial charge in [-0.3, -0.25) is 9.59 Å². The SMILES string of the molecule is O=C(c1ccccc1-n1cncn1)N1C[C@@H]2OCCC(=O)N(Cc3ccccc3)[C@H]2C1. The van der Waals surface area contributed by atoms with Crippen LogP contribution in [0.25, 0.3) is 5.69 Å². The number of fused-ring (bicyclic) bond motifs is 1. The van der Waals surface area contributed by atoms with Gasteiger partial charge in [0.2, 0.25) is 5.91 Å². The number of rotatable bonds is 4. The van der Waals surface area contributed by atoms with E-state index in [4.69, 9.17) is 4.74 Å². The summed E-state index contributed by atoms with van der Waals surface area (Å²) in [5.41, 5.74) is 2.29. The topological polar surface area (TPSA) is 80.6 Å². The predicted molar refractivity (Wildman–Crippen MR) is 112 cm³/mol. The van der Waals surface area contributed by atoms with Crippen LogP contribution in [0, 0.1) is 0 Å². The maximum absolute atomic E-state index is 13.4. The molecule has 0 aliphatic carbocycles. The number of hydrogen-bond donors (Lipinski definition) is 0. The fourth-order valence-electron chi connectivity index (χ4n) is 4.35. The van der Waals surface area contributed by atoms with E-state index in [1.807, 2.05) is 53.4 Å². The molecular weight excluding hydrogens is 394 g/mol. The minimum absolute atomic E-state index is 0.0636. The smallest absolute Gasteiger partial charge is 0.256 e. The van der Waals surface area contributed by atoms with Gasteiger partial charge in [-0.1, -0.05) is 42.5 Å². The molecule has 1 aromatic heterocycles. The van der Waals surface area contributed by atoms with Crippen molar-refractivity contribution in [1.29, 1.82) is 0 Å². The molecule has 8 heteroatoms. The highest BCUT2D eigenvalue weighted by Gasteiger charge is 2.43. The maximum Gasteiger partial charge on any atom is 0.256 e. The summed E-state index contributed by atoms with van der Waals surface area (Å²) in [7, 11) is 0. The molecule has 8 nitrogen and oxygen atoms in total. The number of carbonyl (C=O) groups is 2. The molecule has 0 radical (unpaired) electrons. The van der Waals surface area contributed by atoms with Crippen LogP contribution in [0.2, 0.25) is 0 Å². The van der Waals surface area contributed by atoms with E-state index >= 15 is 0 Å². The van der Waals surface area contributed by atoms with Gasteiger partial charge in [0, 0.05) is 19.6 Å². The lowest BCUT2D eigenvalue weighted by Gasteiger charge is -2.29. The first-order valence-corrected chi connectivity index (χ1v) is 10.4. The number of hydrogen-bond acceptors (Lipinski definition) is 5. The monoisotopic (exact) mass is 417 g/mol. The molecule has 0 spiro atoms. The van der Waals surface area contributed by atoms with Crippen LogP contribution in [0.1, 0.15) is 22.3 Å². The molecule has 0 bridgehead atoms. The molecular formula is C23H23N5O3. The van der Waals surface area contributed by atoms with Crippen LogP contribution >= 0.6 is 0 Å². The van der Waals surface area contributed by atoms with Crippen LogP contribution in [0.3, 0.4) is 0 Å². The molecule has 2 saturated heterocycles. The predicted octanol–water partition coefficient (Wildman–Crippen LogP) is 1.91. The number of aromatic nitrogens is 3. The van der Waals surface area contributed by atoms with Crippen molar-refractivity contribution in [3.05, 3.63) is 78.4 Å². The number of likely N-dealkylation sites (tertiary alicyclic amines) is 1. The van der Waals surface area contributed by atoms with E-state index < -0.39 is 0 Å². The van der Waals surface area contributed by atoms with Gasteiger partial charge in [0.15, 0.2) is 0 Å². The molecule has 3 heterocycles. The Kier molecular flexibility index (Phi) is 5.21. The summed E-state index contributed by atoms with van der Waals surface area (Å²) >= 11 is 0. The molecule has 0 N–H and O–H groups in total. The third kappa shape index (κ3) is 3.82. The zero-order valence-corrected chi connectivity index (χ0v) is 17.0.